The summed E-state index contributed by atoms with van der Waals surface area (Å²) in [5, 5.41) is 3.26. The number of imidazole rings is 1. The maximum absolute atomic E-state index is 12.6. The molecular formula is C27H34N8O5S. The molecule has 0 amide bonds. The maximum atomic E-state index is 12.6. The van der Waals surface area contributed by atoms with Crippen LogP contribution in [0.15, 0.2) is 49.1 Å². The van der Waals surface area contributed by atoms with Crippen LogP contribution >= 0.6 is 0 Å². The van der Waals surface area contributed by atoms with Crippen LogP contribution in [0.3, 0.4) is 0 Å². The van der Waals surface area contributed by atoms with Crippen molar-refractivity contribution in [2.24, 2.45) is 0 Å². The Hall–Kier alpha value is -3.69. The molecule has 2 N–H and O–H groups in total. The van der Waals surface area contributed by atoms with Gasteiger partial charge in [0.15, 0.2) is 5.75 Å². The summed E-state index contributed by atoms with van der Waals surface area (Å²) in [7, 11) is -0.169. The summed E-state index contributed by atoms with van der Waals surface area (Å²) in [6, 6.07) is 9.78. The van der Waals surface area contributed by atoms with E-state index in [-0.39, 0.29) is 12.4 Å². The zero-order chi connectivity index (χ0) is 28.7. The first kappa shape index (κ1) is 28.8. The van der Waals surface area contributed by atoms with E-state index in [2.05, 4.69) is 35.1 Å². The number of rotatable bonds is 13. The van der Waals surface area contributed by atoms with Crippen LogP contribution in [0.25, 0.3) is 22.3 Å². The molecule has 0 aliphatic carbocycles. The lowest BCUT2D eigenvalue weighted by Crippen LogP contribution is -2.49. The van der Waals surface area contributed by atoms with E-state index < -0.39 is 10.0 Å². The van der Waals surface area contributed by atoms with Crippen molar-refractivity contribution in [2.75, 3.05) is 71.3 Å². The fraction of sp³-hybridized carbons (Fsp3) is 0.407. The van der Waals surface area contributed by atoms with Crippen molar-refractivity contribution in [1.29, 1.82) is 0 Å². The Balaban J connectivity index is 1.17. The number of sulfonamides is 1. The number of fused-ring (bicyclic) bond motifs is 1. The largest absolute Gasteiger partial charge is 0.493 e. The van der Waals surface area contributed by atoms with E-state index in [1.807, 2.05) is 30.3 Å². The van der Waals surface area contributed by atoms with Crippen molar-refractivity contribution in [3.63, 3.8) is 0 Å². The second kappa shape index (κ2) is 13.3. The highest BCUT2D eigenvalue weighted by Gasteiger charge is 2.26. The molecule has 1 fully saturated rings. The fourth-order valence-electron chi connectivity index (χ4n) is 4.62. The van der Waals surface area contributed by atoms with Crippen LogP contribution in [0.5, 0.6) is 5.75 Å². The van der Waals surface area contributed by atoms with Crippen molar-refractivity contribution in [3.8, 4) is 17.0 Å². The number of pyridine rings is 1. The Morgan fingerprint density at radius 3 is 2.68 bits per heavy atom. The number of benzene rings is 1. The predicted octanol–water partition coefficient (Wildman–Crippen LogP) is 2.28. The molecule has 3 aromatic heterocycles. The van der Waals surface area contributed by atoms with E-state index in [0.29, 0.717) is 69.1 Å². The van der Waals surface area contributed by atoms with Gasteiger partial charge in [-0.15, -0.1) is 0 Å². The van der Waals surface area contributed by atoms with Gasteiger partial charge in [-0.05, 0) is 29.8 Å². The SMILES string of the molecule is COCCOCCS(=O)(=O)N1CCN(Cc2ccnc(Nc3nc4ccc(-c5ncncc5OC)cc4[nH]3)c2)CC1. The lowest BCUT2D eigenvalue weighted by molar-refractivity contribution is 0.0779. The van der Waals surface area contributed by atoms with Gasteiger partial charge < -0.3 is 24.5 Å². The summed E-state index contributed by atoms with van der Waals surface area (Å²) >= 11 is 0. The Labute approximate surface area is 238 Å². The molecule has 0 atom stereocenters. The van der Waals surface area contributed by atoms with Gasteiger partial charge in [0.1, 0.15) is 17.8 Å². The lowest BCUT2D eigenvalue weighted by atomic mass is 10.1. The van der Waals surface area contributed by atoms with Gasteiger partial charge in [-0.2, -0.15) is 4.31 Å². The van der Waals surface area contributed by atoms with Crippen molar-refractivity contribution in [1.82, 2.24) is 34.1 Å². The minimum atomic E-state index is -3.34. The molecule has 41 heavy (non-hydrogen) atoms. The zero-order valence-corrected chi connectivity index (χ0v) is 23.9. The minimum absolute atomic E-state index is 0.0198. The molecule has 0 bridgehead atoms. The number of nitrogens with one attached hydrogen (secondary N) is 2. The van der Waals surface area contributed by atoms with Gasteiger partial charge in [-0.3, -0.25) is 4.90 Å². The molecule has 218 valence electrons. The quantitative estimate of drug-likeness (QED) is 0.224. The van der Waals surface area contributed by atoms with Crippen molar-refractivity contribution in [3.05, 3.63) is 54.6 Å². The van der Waals surface area contributed by atoms with E-state index in [1.54, 1.807) is 30.9 Å². The average Bonchev–Trinajstić information content (AvgIpc) is 3.39. The van der Waals surface area contributed by atoms with E-state index in [1.165, 1.54) is 6.33 Å². The number of piperazine rings is 1. The third-order valence-corrected chi connectivity index (χ3v) is 8.61. The third-order valence-electron chi connectivity index (χ3n) is 6.77. The van der Waals surface area contributed by atoms with Crippen molar-refractivity contribution >= 4 is 32.8 Å². The Morgan fingerprint density at radius 2 is 1.88 bits per heavy atom. The van der Waals surface area contributed by atoms with Gasteiger partial charge in [0, 0.05) is 51.6 Å². The normalized spacial score (nSPS) is 14.9. The number of ether oxygens (including phenoxy) is 3. The van der Waals surface area contributed by atoms with Crippen LogP contribution in [0.1, 0.15) is 5.56 Å². The molecule has 0 radical (unpaired) electrons. The van der Waals surface area contributed by atoms with Crippen LogP contribution in [-0.4, -0.2) is 109 Å². The smallest absolute Gasteiger partial charge is 0.216 e. The number of methoxy groups -OCH3 is 2. The molecule has 0 saturated carbocycles. The predicted molar refractivity (Wildman–Crippen MR) is 155 cm³/mol. The van der Waals surface area contributed by atoms with E-state index in [4.69, 9.17) is 14.2 Å². The topological polar surface area (TPSA) is 148 Å². The molecule has 4 aromatic rings. The van der Waals surface area contributed by atoms with E-state index in [0.717, 1.165) is 22.2 Å². The van der Waals surface area contributed by atoms with Crippen LogP contribution < -0.4 is 10.1 Å². The summed E-state index contributed by atoms with van der Waals surface area (Å²) in [6.07, 6.45) is 4.88. The van der Waals surface area contributed by atoms with Gasteiger partial charge >= 0.3 is 0 Å². The molecule has 1 saturated heterocycles. The molecule has 1 aromatic carbocycles. The number of nitrogens with zero attached hydrogens (tertiary/aromatic N) is 6. The number of hydrogen-bond donors (Lipinski definition) is 2. The Bertz CT molecular complexity index is 1560. The number of H-pyrrole nitrogens is 1. The Morgan fingerprint density at radius 1 is 1.02 bits per heavy atom. The zero-order valence-electron chi connectivity index (χ0n) is 23.1. The van der Waals surface area contributed by atoms with Crippen LogP contribution in [-0.2, 0) is 26.0 Å². The number of aromatic nitrogens is 5. The summed E-state index contributed by atoms with van der Waals surface area (Å²) in [5.41, 5.74) is 4.30. The van der Waals surface area contributed by atoms with Gasteiger partial charge in [-0.25, -0.2) is 28.4 Å². The third kappa shape index (κ3) is 7.34. The van der Waals surface area contributed by atoms with Crippen LogP contribution in [0.2, 0.25) is 0 Å². The van der Waals surface area contributed by atoms with Crippen molar-refractivity contribution < 1.29 is 22.6 Å². The maximum Gasteiger partial charge on any atom is 0.216 e. The first-order chi connectivity index (χ1) is 19.9. The molecular weight excluding hydrogens is 548 g/mol. The van der Waals surface area contributed by atoms with Gasteiger partial charge in [0.05, 0.1) is 49.9 Å². The van der Waals surface area contributed by atoms with E-state index in [9.17, 15) is 8.42 Å². The molecule has 0 spiro atoms. The molecule has 4 heterocycles. The number of hydrogen-bond acceptors (Lipinski definition) is 11. The van der Waals surface area contributed by atoms with Gasteiger partial charge in [0.25, 0.3) is 0 Å². The van der Waals surface area contributed by atoms with Gasteiger partial charge in [-0.1, -0.05) is 6.07 Å². The van der Waals surface area contributed by atoms with Crippen LogP contribution in [0, 0.1) is 0 Å². The molecule has 5 rings (SSSR count). The summed E-state index contributed by atoms with van der Waals surface area (Å²) in [4.78, 5) is 23.0. The van der Waals surface area contributed by atoms with Gasteiger partial charge in [0.2, 0.25) is 16.0 Å². The van der Waals surface area contributed by atoms with E-state index >= 15 is 0 Å². The first-order valence-corrected chi connectivity index (χ1v) is 14.9. The monoisotopic (exact) mass is 582 g/mol. The molecule has 1 aliphatic heterocycles. The standard InChI is InChI=1S/C27H34N8O5S/c1-38-11-12-40-13-14-41(36,37)35-9-7-34(8-10-35)18-20-5-6-29-25(15-20)33-27-31-22-4-3-21(16-23(22)32-27)26-24(39-2)17-28-19-30-26/h3-6,15-17,19H,7-14,18H2,1-2H3,(H2,29,31,32,33). The summed E-state index contributed by atoms with van der Waals surface area (Å²) < 4.78 is 42.5. The first-order valence-electron chi connectivity index (χ1n) is 13.3. The Kier molecular flexibility index (Phi) is 9.36. The molecule has 1 aliphatic rings. The molecule has 13 nitrogen and oxygen atoms in total. The summed E-state index contributed by atoms with van der Waals surface area (Å²) in [6.45, 7) is 3.91. The fourth-order valence-corrected chi connectivity index (χ4v) is 5.93. The molecule has 0 unspecified atom stereocenters. The highest BCUT2D eigenvalue weighted by Crippen LogP contribution is 2.29. The number of anilines is 2. The minimum Gasteiger partial charge on any atom is -0.493 e. The average molecular weight is 583 g/mol. The highest BCUT2D eigenvalue weighted by molar-refractivity contribution is 7.89. The highest BCUT2D eigenvalue weighted by atomic mass is 32.2. The van der Waals surface area contributed by atoms with Crippen molar-refractivity contribution in [2.45, 2.75) is 6.54 Å². The number of aromatic amines is 1. The second-order valence-corrected chi connectivity index (χ2v) is 11.6. The lowest BCUT2D eigenvalue weighted by Gasteiger charge is -2.34. The second-order valence-electron chi connectivity index (χ2n) is 9.53. The van der Waals surface area contributed by atoms with Crippen LogP contribution in [0.4, 0.5) is 11.8 Å². The molecule has 14 heteroatoms. The summed E-state index contributed by atoms with van der Waals surface area (Å²) in [5.74, 6) is 1.81.